The van der Waals surface area contributed by atoms with Gasteiger partial charge in [-0.2, -0.15) is 0 Å². The molecular formula is C19H30O4. The van der Waals surface area contributed by atoms with Crippen molar-refractivity contribution < 1.29 is 19.7 Å². The second-order valence-electron chi connectivity index (χ2n) is 5.99. The molecule has 0 fully saturated rings. The molecule has 0 atom stereocenters. The van der Waals surface area contributed by atoms with Crippen LogP contribution in [0.25, 0.3) is 0 Å². The van der Waals surface area contributed by atoms with E-state index in [1.54, 1.807) is 12.1 Å². The third-order valence-electron chi connectivity index (χ3n) is 3.98. The molecule has 4 nitrogen and oxygen atoms in total. The number of hydrogen-bond donors (Lipinski definition) is 2. The zero-order valence-electron chi connectivity index (χ0n) is 14.2. The van der Waals surface area contributed by atoms with Crippen LogP contribution in [0.3, 0.4) is 0 Å². The zero-order chi connectivity index (χ0) is 16.9. The van der Waals surface area contributed by atoms with E-state index in [1.807, 2.05) is 0 Å². The molecule has 1 rings (SSSR count). The predicted molar refractivity (Wildman–Crippen MR) is 92.4 cm³/mol. The Balaban J connectivity index is 2.07. The lowest BCUT2D eigenvalue weighted by atomic mass is 10.1. The number of aromatic carboxylic acids is 1. The Kier molecular flexibility index (Phi) is 9.92. The summed E-state index contributed by atoms with van der Waals surface area (Å²) in [4.78, 5) is 10.9. The highest BCUT2D eigenvalue weighted by atomic mass is 16.5. The van der Waals surface area contributed by atoms with Crippen molar-refractivity contribution >= 4 is 5.97 Å². The fourth-order valence-electron chi connectivity index (χ4n) is 2.58. The van der Waals surface area contributed by atoms with Gasteiger partial charge in [0.25, 0.3) is 0 Å². The maximum absolute atomic E-state index is 10.9. The standard InChI is InChI=1S/C19H30O4/c1-2-3-4-5-6-7-8-9-10-11-15-23-17-14-12-13-16(18(17)20)19(21)22/h12-14,20H,2-11,15H2,1H3,(H,21,22). The van der Waals surface area contributed by atoms with E-state index in [9.17, 15) is 9.90 Å². The van der Waals surface area contributed by atoms with Crippen molar-refractivity contribution in [3.63, 3.8) is 0 Å². The first-order valence-corrected chi connectivity index (χ1v) is 8.85. The number of phenols is 1. The maximum atomic E-state index is 10.9. The van der Waals surface area contributed by atoms with Crippen molar-refractivity contribution in [3.05, 3.63) is 23.8 Å². The van der Waals surface area contributed by atoms with E-state index < -0.39 is 5.97 Å². The molecule has 0 bridgehead atoms. The maximum Gasteiger partial charge on any atom is 0.339 e. The molecule has 0 aliphatic carbocycles. The van der Waals surface area contributed by atoms with Crippen molar-refractivity contribution in [1.29, 1.82) is 0 Å². The van der Waals surface area contributed by atoms with E-state index in [4.69, 9.17) is 9.84 Å². The highest BCUT2D eigenvalue weighted by Gasteiger charge is 2.13. The summed E-state index contributed by atoms with van der Waals surface area (Å²) in [6.45, 7) is 2.74. The first-order chi connectivity index (χ1) is 11.2. The van der Waals surface area contributed by atoms with Gasteiger partial charge in [0.15, 0.2) is 11.5 Å². The average Bonchev–Trinajstić information content (AvgIpc) is 2.53. The van der Waals surface area contributed by atoms with Gasteiger partial charge in [-0.25, -0.2) is 4.79 Å². The van der Waals surface area contributed by atoms with Gasteiger partial charge in [0.1, 0.15) is 5.56 Å². The zero-order valence-corrected chi connectivity index (χ0v) is 14.2. The minimum atomic E-state index is -1.15. The summed E-state index contributed by atoms with van der Waals surface area (Å²) in [6, 6.07) is 4.54. The lowest BCUT2D eigenvalue weighted by Crippen LogP contribution is -2.01. The number of rotatable bonds is 13. The Bertz CT molecular complexity index is 457. The first kappa shape index (κ1) is 19.3. The Hall–Kier alpha value is -1.71. The van der Waals surface area contributed by atoms with Crippen LogP contribution in [0.5, 0.6) is 11.5 Å². The molecule has 1 aromatic rings. The number of aromatic hydroxyl groups is 1. The van der Waals surface area contributed by atoms with Gasteiger partial charge in [0, 0.05) is 0 Å². The molecule has 130 valence electrons. The van der Waals surface area contributed by atoms with Crippen LogP contribution in [-0.2, 0) is 0 Å². The van der Waals surface area contributed by atoms with Crippen LogP contribution in [0.15, 0.2) is 18.2 Å². The molecule has 0 saturated carbocycles. The fraction of sp³-hybridized carbons (Fsp3) is 0.632. The topological polar surface area (TPSA) is 66.8 Å². The van der Waals surface area contributed by atoms with Crippen LogP contribution in [0.1, 0.15) is 81.5 Å². The largest absolute Gasteiger partial charge is 0.504 e. The quantitative estimate of drug-likeness (QED) is 0.478. The molecule has 1 aromatic carbocycles. The number of carboxylic acids is 1. The molecule has 4 heteroatoms. The van der Waals surface area contributed by atoms with E-state index in [2.05, 4.69) is 6.92 Å². The smallest absolute Gasteiger partial charge is 0.339 e. The number of para-hydroxylation sites is 1. The molecule has 0 saturated heterocycles. The molecule has 0 radical (unpaired) electrons. The van der Waals surface area contributed by atoms with Crippen molar-refractivity contribution in [2.24, 2.45) is 0 Å². The van der Waals surface area contributed by atoms with Crippen LogP contribution < -0.4 is 4.74 Å². The monoisotopic (exact) mass is 322 g/mol. The van der Waals surface area contributed by atoms with E-state index in [0.29, 0.717) is 6.61 Å². The van der Waals surface area contributed by atoms with Gasteiger partial charge in [0.05, 0.1) is 6.61 Å². The Labute approximate surface area is 139 Å². The average molecular weight is 322 g/mol. The number of benzene rings is 1. The van der Waals surface area contributed by atoms with Crippen molar-refractivity contribution in [1.82, 2.24) is 0 Å². The Morgan fingerprint density at radius 2 is 1.52 bits per heavy atom. The minimum absolute atomic E-state index is 0.120. The van der Waals surface area contributed by atoms with Crippen molar-refractivity contribution in [3.8, 4) is 11.5 Å². The van der Waals surface area contributed by atoms with Gasteiger partial charge >= 0.3 is 5.97 Å². The molecule has 0 aliphatic heterocycles. The Morgan fingerprint density at radius 1 is 0.957 bits per heavy atom. The van der Waals surface area contributed by atoms with Gasteiger partial charge < -0.3 is 14.9 Å². The lowest BCUT2D eigenvalue weighted by molar-refractivity contribution is 0.0692. The van der Waals surface area contributed by atoms with Crippen molar-refractivity contribution in [2.75, 3.05) is 6.61 Å². The van der Waals surface area contributed by atoms with Crippen LogP contribution in [0.4, 0.5) is 0 Å². The number of hydrogen-bond acceptors (Lipinski definition) is 3. The SMILES string of the molecule is CCCCCCCCCCCCOc1cccc(C(=O)O)c1O. The fourth-order valence-corrected chi connectivity index (χ4v) is 2.58. The predicted octanol–water partition coefficient (Wildman–Crippen LogP) is 5.39. The molecule has 0 spiro atoms. The van der Waals surface area contributed by atoms with E-state index in [0.717, 1.165) is 12.8 Å². The number of ether oxygens (including phenoxy) is 1. The normalized spacial score (nSPS) is 10.7. The molecular weight excluding hydrogens is 292 g/mol. The van der Waals surface area contributed by atoms with E-state index in [1.165, 1.54) is 57.4 Å². The van der Waals surface area contributed by atoms with Crippen LogP contribution in [0, 0.1) is 0 Å². The molecule has 0 unspecified atom stereocenters. The van der Waals surface area contributed by atoms with Gasteiger partial charge in [-0.1, -0.05) is 70.8 Å². The second kappa shape index (κ2) is 11.8. The van der Waals surface area contributed by atoms with Gasteiger partial charge in [-0.3, -0.25) is 0 Å². The van der Waals surface area contributed by atoms with Gasteiger partial charge in [-0.05, 0) is 18.6 Å². The molecule has 0 amide bonds. The molecule has 0 aliphatic rings. The molecule has 0 aromatic heterocycles. The molecule has 0 heterocycles. The van der Waals surface area contributed by atoms with Crippen LogP contribution in [0.2, 0.25) is 0 Å². The van der Waals surface area contributed by atoms with Gasteiger partial charge in [-0.15, -0.1) is 0 Å². The summed E-state index contributed by atoms with van der Waals surface area (Å²) in [5.41, 5.74) is -0.120. The summed E-state index contributed by atoms with van der Waals surface area (Å²) in [6.07, 6.45) is 12.5. The van der Waals surface area contributed by atoms with Crippen LogP contribution >= 0.6 is 0 Å². The minimum Gasteiger partial charge on any atom is -0.504 e. The summed E-state index contributed by atoms with van der Waals surface area (Å²) < 4.78 is 5.49. The molecule has 2 N–H and O–H groups in total. The first-order valence-electron chi connectivity index (χ1n) is 8.85. The third kappa shape index (κ3) is 7.91. The second-order valence-corrected chi connectivity index (χ2v) is 5.99. The lowest BCUT2D eigenvalue weighted by Gasteiger charge is -2.09. The highest BCUT2D eigenvalue weighted by Crippen LogP contribution is 2.29. The van der Waals surface area contributed by atoms with E-state index >= 15 is 0 Å². The van der Waals surface area contributed by atoms with Crippen LogP contribution in [-0.4, -0.2) is 22.8 Å². The third-order valence-corrected chi connectivity index (χ3v) is 3.98. The Morgan fingerprint density at radius 3 is 2.09 bits per heavy atom. The number of carbonyl (C=O) groups is 1. The van der Waals surface area contributed by atoms with Crippen molar-refractivity contribution in [2.45, 2.75) is 71.1 Å². The summed E-state index contributed by atoms with van der Waals surface area (Å²) in [5.74, 6) is -1.18. The van der Waals surface area contributed by atoms with Gasteiger partial charge in [0.2, 0.25) is 0 Å². The van der Waals surface area contributed by atoms with E-state index in [-0.39, 0.29) is 17.1 Å². The number of carboxylic acid groups (broad SMARTS) is 1. The highest BCUT2D eigenvalue weighted by molar-refractivity contribution is 5.91. The summed E-state index contributed by atoms with van der Waals surface area (Å²) >= 11 is 0. The summed E-state index contributed by atoms with van der Waals surface area (Å²) in [5, 5.41) is 18.7. The number of unbranched alkanes of at least 4 members (excludes halogenated alkanes) is 9. The molecule has 23 heavy (non-hydrogen) atoms. The summed E-state index contributed by atoms with van der Waals surface area (Å²) in [7, 11) is 0.